The van der Waals surface area contributed by atoms with Crippen LogP contribution in [0.1, 0.15) is 16.5 Å². The second-order valence-corrected chi connectivity index (χ2v) is 5.85. The molecule has 3 aromatic rings. The molecular weight excluding hydrogens is 271 g/mol. The van der Waals surface area contributed by atoms with E-state index in [1.165, 1.54) is 16.5 Å². The Hall–Kier alpha value is -1.78. The second kappa shape index (κ2) is 5.69. The Morgan fingerprint density at radius 2 is 2.00 bits per heavy atom. The van der Waals surface area contributed by atoms with E-state index in [9.17, 15) is 4.39 Å². The van der Waals surface area contributed by atoms with Gasteiger partial charge < -0.3 is 5.32 Å². The standard InChI is InChI=1S/C16H15FN2S/c1-18-14(8-11-4-6-19-7-5-11)16-10-12-9-13(17)2-3-15(12)20-16/h2-7,9-10,14,18H,8H2,1H3. The number of rotatable bonds is 4. The molecule has 20 heavy (non-hydrogen) atoms. The summed E-state index contributed by atoms with van der Waals surface area (Å²) in [6.07, 6.45) is 4.51. The maximum Gasteiger partial charge on any atom is 0.123 e. The summed E-state index contributed by atoms with van der Waals surface area (Å²) in [5, 5.41) is 4.31. The van der Waals surface area contributed by atoms with Crippen molar-refractivity contribution >= 4 is 21.4 Å². The van der Waals surface area contributed by atoms with Crippen molar-refractivity contribution in [3.05, 3.63) is 65.0 Å². The lowest BCUT2D eigenvalue weighted by Crippen LogP contribution is -2.17. The number of pyridine rings is 1. The molecule has 0 amide bonds. The Balaban J connectivity index is 1.91. The Labute approximate surface area is 121 Å². The summed E-state index contributed by atoms with van der Waals surface area (Å²) in [5.74, 6) is -0.183. The number of benzene rings is 1. The number of thiophene rings is 1. The first-order valence-corrected chi connectivity index (χ1v) is 7.33. The Morgan fingerprint density at radius 3 is 2.75 bits per heavy atom. The molecule has 1 aromatic carbocycles. The van der Waals surface area contributed by atoms with Crippen LogP contribution in [0.15, 0.2) is 48.8 Å². The molecule has 1 atom stereocenters. The molecule has 0 fully saturated rings. The van der Waals surface area contributed by atoms with Crippen LogP contribution in [-0.2, 0) is 6.42 Å². The van der Waals surface area contributed by atoms with E-state index < -0.39 is 0 Å². The molecule has 2 nitrogen and oxygen atoms in total. The van der Waals surface area contributed by atoms with Crippen molar-refractivity contribution in [2.24, 2.45) is 0 Å². The van der Waals surface area contributed by atoms with Crippen molar-refractivity contribution < 1.29 is 4.39 Å². The fourth-order valence-corrected chi connectivity index (χ4v) is 3.46. The zero-order valence-electron chi connectivity index (χ0n) is 11.1. The first-order chi connectivity index (χ1) is 9.76. The van der Waals surface area contributed by atoms with Gasteiger partial charge in [-0.1, -0.05) is 0 Å². The summed E-state index contributed by atoms with van der Waals surface area (Å²) in [5.41, 5.74) is 1.24. The maximum absolute atomic E-state index is 13.3. The average Bonchev–Trinajstić information content (AvgIpc) is 2.88. The number of fused-ring (bicyclic) bond motifs is 1. The molecule has 0 spiro atoms. The van der Waals surface area contributed by atoms with E-state index >= 15 is 0 Å². The van der Waals surface area contributed by atoms with E-state index in [1.807, 2.05) is 37.6 Å². The van der Waals surface area contributed by atoms with E-state index in [4.69, 9.17) is 0 Å². The van der Waals surface area contributed by atoms with Crippen LogP contribution in [0, 0.1) is 5.82 Å². The fourth-order valence-electron chi connectivity index (χ4n) is 2.31. The molecule has 3 rings (SSSR count). The number of hydrogen-bond acceptors (Lipinski definition) is 3. The monoisotopic (exact) mass is 286 g/mol. The third-order valence-corrected chi connectivity index (χ3v) is 4.61. The minimum Gasteiger partial charge on any atom is -0.312 e. The first kappa shape index (κ1) is 13.2. The van der Waals surface area contributed by atoms with Crippen LogP contribution in [0.4, 0.5) is 4.39 Å². The van der Waals surface area contributed by atoms with Gasteiger partial charge in [-0.25, -0.2) is 4.39 Å². The van der Waals surface area contributed by atoms with Crippen molar-refractivity contribution in [2.45, 2.75) is 12.5 Å². The molecule has 2 heterocycles. The lowest BCUT2D eigenvalue weighted by molar-refractivity contribution is 0.602. The van der Waals surface area contributed by atoms with Gasteiger partial charge >= 0.3 is 0 Å². The molecule has 0 aliphatic rings. The second-order valence-electron chi connectivity index (χ2n) is 4.73. The zero-order valence-corrected chi connectivity index (χ0v) is 12.0. The highest BCUT2D eigenvalue weighted by atomic mass is 32.1. The summed E-state index contributed by atoms with van der Waals surface area (Å²) >= 11 is 1.71. The highest BCUT2D eigenvalue weighted by Gasteiger charge is 2.13. The molecular formula is C16H15FN2S. The molecule has 2 aromatic heterocycles. The molecule has 102 valence electrons. The van der Waals surface area contributed by atoms with Gasteiger partial charge in [0.2, 0.25) is 0 Å². The normalized spacial score (nSPS) is 12.7. The summed E-state index contributed by atoms with van der Waals surface area (Å²) < 4.78 is 14.4. The SMILES string of the molecule is CNC(Cc1ccncc1)c1cc2cc(F)ccc2s1. The van der Waals surface area contributed by atoms with Gasteiger partial charge in [-0.3, -0.25) is 4.98 Å². The van der Waals surface area contributed by atoms with Gasteiger partial charge in [0.1, 0.15) is 5.82 Å². The molecule has 4 heteroatoms. The molecule has 0 radical (unpaired) electrons. The number of aromatic nitrogens is 1. The predicted octanol–water partition coefficient (Wildman–Crippen LogP) is 3.94. The van der Waals surface area contributed by atoms with Crippen LogP contribution in [0.3, 0.4) is 0 Å². The summed E-state index contributed by atoms with van der Waals surface area (Å²) in [4.78, 5) is 5.26. The van der Waals surface area contributed by atoms with Crippen LogP contribution in [0.2, 0.25) is 0 Å². The highest BCUT2D eigenvalue weighted by Crippen LogP contribution is 2.31. The van der Waals surface area contributed by atoms with E-state index in [0.29, 0.717) is 0 Å². The zero-order chi connectivity index (χ0) is 13.9. The number of nitrogens with one attached hydrogen (secondary N) is 1. The van der Waals surface area contributed by atoms with Crippen molar-refractivity contribution in [1.82, 2.24) is 10.3 Å². The Morgan fingerprint density at radius 1 is 1.20 bits per heavy atom. The quantitative estimate of drug-likeness (QED) is 0.786. The summed E-state index contributed by atoms with van der Waals surface area (Å²) in [6, 6.07) is 11.3. The lowest BCUT2D eigenvalue weighted by atomic mass is 10.1. The van der Waals surface area contributed by atoms with Gasteiger partial charge in [-0.2, -0.15) is 0 Å². The van der Waals surface area contributed by atoms with E-state index in [1.54, 1.807) is 17.4 Å². The smallest absolute Gasteiger partial charge is 0.123 e. The maximum atomic E-state index is 13.3. The van der Waals surface area contributed by atoms with Crippen LogP contribution >= 0.6 is 11.3 Å². The molecule has 0 saturated heterocycles. The lowest BCUT2D eigenvalue weighted by Gasteiger charge is -2.14. The number of nitrogens with zero attached hydrogens (tertiary/aromatic N) is 1. The molecule has 0 saturated carbocycles. The van der Waals surface area contributed by atoms with Crippen molar-refractivity contribution in [3.63, 3.8) is 0 Å². The van der Waals surface area contributed by atoms with Gasteiger partial charge in [0.15, 0.2) is 0 Å². The fraction of sp³-hybridized carbons (Fsp3) is 0.188. The minimum atomic E-state index is -0.183. The van der Waals surface area contributed by atoms with E-state index in [0.717, 1.165) is 16.5 Å². The Kier molecular flexibility index (Phi) is 3.76. The van der Waals surface area contributed by atoms with Crippen LogP contribution in [0.25, 0.3) is 10.1 Å². The molecule has 1 N–H and O–H groups in total. The summed E-state index contributed by atoms with van der Waals surface area (Å²) in [6.45, 7) is 0. The van der Waals surface area contributed by atoms with Gasteiger partial charge in [0.25, 0.3) is 0 Å². The first-order valence-electron chi connectivity index (χ1n) is 6.51. The van der Waals surface area contributed by atoms with Crippen molar-refractivity contribution in [3.8, 4) is 0 Å². The molecule has 0 bridgehead atoms. The van der Waals surface area contributed by atoms with E-state index in [2.05, 4.69) is 16.4 Å². The van der Waals surface area contributed by atoms with Gasteiger partial charge in [-0.05, 0) is 60.8 Å². The molecule has 0 aliphatic carbocycles. The van der Waals surface area contributed by atoms with Crippen LogP contribution in [-0.4, -0.2) is 12.0 Å². The van der Waals surface area contributed by atoms with Gasteiger partial charge in [0.05, 0.1) is 0 Å². The summed E-state index contributed by atoms with van der Waals surface area (Å²) in [7, 11) is 1.96. The van der Waals surface area contributed by atoms with Crippen molar-refractivity contribution in [2.75, 3.05) is 7.05 Å². The predicted molar refractivity (Wildman–Crippen MR) is 81.5 cm³/mol. The number of hydrogen-bond donors (Lipinski definition) is 1. The van der Waals surface area contributed by atoms with E-state index in [-0.39, 0.29) is 11.9 Å². The molecule has 0 aliphatic heterocycles. The third kappa shape index (κ3) is 2.71. The highest BCUT2D eigenvalue weighted by molar-refractivity contribution is 7.19. The van der Waals surface area contributed by atoms with Crippen LogP contribution < -0.4 is 5.32 Å². The average molecular weight is 286 g/mol. The number of halogens is 1. The third-order valence-electron chi connectivity index (χ3n) is 3.38. The van der Waals surface area contributed by atoms with Crippen LogP contribution in [0.5, 0.6) is 0 Å². The van der Waals surface area contributed by atoms with Gasteiger partial charge in [0, 0.05) is 28.0 Å². The Bertz CT molecular complexity index is 709. The minimum absolute atomic E-state index is 0.183. The topological polar surface area (TPSA) is 24.9 Å². The van der Waals surface area contributed by atoms with Crippen molar-refractivity contribution in [1.29, 1.82) is 0 Å². The largest absolute Gasteiger partial charge is 0.312 e. The number of likely N-dealkylation sites (N-methyl/N-ethyl adjacent to an activating group) is 1. The van der Waals surface area contributed by atoms with Gasteiger partial charge in [-0.15, -0.1) is 11.3 Å². The molecule has 1 unspecified atom stereocenters.